The third-order valence-electron chi connectivity index (χ3n) is 2.10. The minimum atomic E-state index is -3.97. The maximum atomic E-state index is 12.1. The van der Waals surface area contributed by atoms with E-state index in [1.807, 2.05) is 0 Å². The molecule has 12 heteroatoms. The first-order valence-corrected chi connectivity index (χ1v) is 7.26. The molecule has 0 saturated carbocycles. The molecule has 2 rings (SSSR count). The van der Waals surface area contributed by atoms with Crippen LogP contribution in [0.25, 0.3) is 0 Å². The Morgan fingerprint density at radius 2 is 2.00 bits per heavy atom. The summed E-state index contributed by atoms with van der Waals surface area (Å²) in [6, 6.07) is 0.923. The van der Waals surface area contributed by atoms with Crippen LogP contribution in [-0.2, 0) is 10.0 Å². The van der Waals surface area contributed by atoms with Crippen molar-refractivity contribution in [1.29, 1.82) is 0 Å². The summed E-state index contributed by atoms with van der Waals surface area (Å²) in [7, 11) is -3.97. The van der Waals surface area contributed by atoms with Crippen molar-refractivity contribution in [1.82, 2.24) is 9.97 Å². The minimum Gasteiger partial charge on any atom is -0.310 e. The van der Waals surface area contributed by atoms with E-state index in [2.05, 4.69) is 20.1 Å². The molecule has 0 saturated heterocycles. The largest absolute Gasteiger partial charge is 0.310 e. The Kier molecular flexibility index (Phi) is 3.78. The average Bonchev–Trinajstić information content (AvgIpc) is 2.84. The normalized spacial score (nSPS) is 11.1. The van der Waals surface area contributed by atoms with Crippen molar-refractivity contribution in [2.24, 2.45) is 5.84 Å². The van der Waals surface area contributed by atoms with Gasteiger partial charge in [0.1, 0.15) is 10.5 Å². The Morgan fingerprint density at radius 3 is 2.50 bits per heavy atom. The molecule has 20 heavy (non-hydrogen) atoms. The van der Waals surface area contributed by atoms with Crippen molar-refractivity contribution in [3.05, 3.63) is 34.9 Å². The number of hydrazine groups is 1. The predicted octanol–water partition coefficient (Wildman–Crippen LogP) is 0.533. The van der Waals surface area contributed by atoms with E-state index in [-0.39, 0.29) is 14.9 Å². The van der Waals surface area contributed by atoms with Crippen LogP contribution in [-0.4, -0.2) is 23.3 Å². The molecule has 2 heterocycles. The van der Waals surface area contributed by atoms with Crippen LogP contribution in [0.1, 0.15) is 0 Å². The van der Waals surface area contributed by atoms with Crippen LogP contribution >= 0.6 is 11.3 Å². The smallest absolute Gasteiger partial charge is 0.306 e. The van der Waals surface area contributed by atoms with Gasteiger partial charge in [0.2, 0.25) is 0 Å². The van der Waals surface area contributed by atoms with Gasteiger partial charge in [0, 0.05) is 6.07 Å². The lowest BCUT2D eigenvalue weighted by Crippen LogP contribution is -2.11. The molecule has 4 N–H and O–H groups in total. The first-order chi connectivity index (χ1) is 9.44. The van der Waals surface area contributed by atoms with Gasteiger partial charge in [0.25, 0.3) is 10.0 Å². The lowest BCUT2D eigenvalue weighted by atomic mass is 10.5. The second-order valence-corrected chi connectivity index (χ2v) is 6.38. The van der Waals surface area contributed by atoms with Gasteiger partial charge in [-0.25, -0.2) is 24.2 Å². The zero-order chi connectivity index (χ0) is 14.8. The van der Waals surface area contributed by atoms with E-state index in [0.29, 0.717) is 11.3 Å². The molecular weight excluding hydrogens is 308 g/mol. The van der Waals surface area contributed by atoms with Crippen molar-refractivity contribution in [3.8, 4) is 0 Å². The zero-order valence-electron chi connectivity index (χ0n) is 9.68. The van der Waals surface area contributed by atoms with E-state index in [4.69, 9.17) is 5.84 Å². The minimum absolute atomic E-state index is 0.0558. The Labute approximate surface area is 116 Å². The molecule has 0 atom stereocenters. The number of rotatable bonds is 5. The molecule has 0 unspecified atom stereocenters. The number of nitrogen functional groups attached to an aromatic ring is 1. The third kappa shape index (κ3) is 2.81. The van der Waals surface area contributed by atoms with E-state index in [1.165, 1.54) is 18.7 Å². The van der Waals surface area contributed by atoms with Crippen molar-refractivity contribution in [2.45, 2.75) is 4.21 Å². The van der Waals surface area contributed by atoms with Gasteiger partial charge in [0.05, 0.1) is 23.0 Å². The third-order valence-corrected chi connectivity index (χ3v) is 5.01. The van der Waals surface area contributed by atoms with E-state index in [9.17, 15) is 18.5 Å². The fourth-order valence-corrected chi connectivity index (χ4v) is 3.55. The molecule has 0 amide bonds. The first kappa shape index (κ1) is 14.1. The van der Waals surface area contributed by atoms with Crippen molar-refractivity contribution in [2.75, 3.05) is 10.1 Å². The molecule has 2 aromatic rings. The van der Waals surface area contributed by atoms with Gasteiger partial charge >= 0.3 is 5.69 Å². The molecule has 0 bridgehead atoms. The molecular formula is C8H8N6O4S2. The number of anilines is 2. The topological polar surface area (TPSA) is 153 Å². The number of nitrogens with zero attached hydrogens (tertiary/aromatic N) is 3. The number of nitrogens with one attached hydrogen (secondary N) is 2. The monoisotopic (exact) mass is 316 g/mol. The molecule has 0 radical (unpaired) electrons. The summed E-state index contributed by atoms with van der Waals surface area (Å²) in [5.41, 5.74) is 1.82. The SMILES string of the molecule is NNc1sc(S(=O)(=O)Nc2cncnc2)cc1[N+](=O)[O-]. The average molecular weight is 316 g/mol. The van der Waals surface area contributed by atoms with E-state index >= 15 is 0 Å². The van der Waals surface area contributed by atoms with E-state index in [1.54, 1.807) is 0 Å². The molecule has 0 aliphatic rings. The standard InChI is InChI=1S/C8H8N6O4S2/c9-12-8-6(14(15)16)1-7(19-8)20(17,18)13-5-2-10-4-11-3-5/h1-4,12-13H,9H2. The van der Waals surface area contributed by atoms with Gasteiger partial charge < -0.3 is 5.43 Å². The zero-order valence-corrected chi connectivity index (χ0v) is 11.3. The molecule has 2 aromatic heterocycles. The van der Waals surface area contributed by atoms with Crippen LogP contribution in [0, 0.1) is 10.1 Å². The maximum Gasteiger partial charge on any atom is 0.306 e. The highest BCUT2D eigenvalue weighted by molar-refractivity contribution is 7.94. The molecule has 10 nitrogen and oxygen atoms in total. The second kappa shape index (κ2) is 5.36. The van der Waals surface area contributed by atoms with Crippen molar-refractivity contribution >= 4 is 37.7 Å². The van der Waals surface area contributed by atoms with Gasteiger partial charge in [-0.15, -0.1) is 0 Å². The quantitative estimate of drug-likeness (QED) is 0.410. The van der Waals surface area contributed by atoms with Crippen molar-refractivity contribution in [3.63, 3.8) is 0 Å². The summed E-state index contributed by atoms with van der Waals surface area (Å²) in [5.74, 6) is 5.12. The van der Waals surface area contributed by atoms with Crippen LogP contribution in [0.5, 0.6) is 0 Å². The highest BCUT2D eigenvalue weighted by Crippen LogP contribution is 2.36. The van der Waals surface area contributed by atoms with Gasteiger partial charge in [0.15, 0.2) is 5.00 Å². The molecule has 0 aliphatic carbocycles. The maximum absolute atomic E-state index is 12.1. The van der Waals surface area contributed by atoms with Crippen LogP contribution in [0.3, 0.4) is 0 Å². The van der Waals surface area contributed by atoms with Crippen LogP contribution in [0.4, 0.5) is 16.4 Å². The fraction of sp³-hybridized carbons (Fsp3) is 0. The lowest BCUT2D eigenvalue weighted by molar-refractivity contribution is -0.383. The molecule has 0 aliphatic heterocycles. The molecule has 106 valence electrons. The summed E-state index contributed by atoms with van der Waals surface area (Å²) in [6.45, 7) is 0. The number of hydrogen-bond donors (Lipinski definition) is 3. The molecule has 0 spiro atoms. The number of aromatic nitrogens is 2. The summed E-state index contributed by atoms with van der Waals surface area (Å²) < 4.78 is 26.1. The van der Waals surface area contributed by atoms with Crippen molar-refractivity contribution < 1.29 is 13.3 Å². The molecule has 0 aromatic carbocycles. The Balaban J connectivity index is 2.37. The second-order valence-electron chi connectivity index (χ2n) is 3.41. The van der Waals surface area contributed by atoms with Crippen LogP contribution in [0.2, 0.25) is 0 Å². The number of sulfonamides is 1. The van der Waals surface area contributed by atoms with Gasteiger partial charge in [-0.1, -0.05) is 11.3 Å². The van der Waals surface area contributed by atoms with E-state index < -0.39 is 20.6 Å². The highest BCUT2D eigenvalue weighted by Gasteiger charge is 2.26. The summed E-state index contributed by atoms with van der Waals surface area (Å²) >= 11 is 0.645. The predicted molar refractivity (Wildman–Crippen MR) is 71.6 cm³/mol. The van der Waals surface area contributed by atoms with Gasteiger partial charge in [-0.05, 0) is 0 Å². The number of hydrogen-bond acceptors (Lipinski definition) is 9. The van der Waals surface area contributed by atoms with Gasteiger partial charge in [-0.3, -0.25) is 14.8 Å². The van der Waals surface area contributed by atoms with Crippen LogP contribution in [0.15, 0.2) is 29.0 Å². The summed E-state index contributed by atoms with van der Waals surface area (Å²) in [5, 5.41) is 10.7. The number of nitrogens with two attached hydrogens (primary N) is 1. The fourth-order valence-electron chi connectivity index (χ4n) is 1.29. The molecule has 0 fully saturated rings. The Morgan fingerprint density at radius 1 is 1.35 bits per heavy atom. The Bertz CT molecular complexity index is 729. The Hall–Kier alpha value is -2.31. The lowest BCUT2D eigenvalue weighted by Gasteiger charge is -2.03. The van der Waals surface area contributed by atoms with Gasteiger partial charge in [-0.2, -0.15) is 0 Å². The number of thiophene rings is 1. The van der Waals surface area contributed by atoms with E-state index in [0.717, 1.165) is 6.07 Å². The highest BCUT2D eigenvalue weighted by atomic mass is 32.2. The van der Waals surface area contributed by atoms with Crippen LogP contribution < -0.4 is 16.0 Å². The summed E-state index contributed by atoms with van der Waals surface area (Å²) in [4.78, 5) is 17.3. The number of nitro groups is 1. The summed E-state index contributed by atoms with van der Waals surface area (Å²) in [6.07, 6.45) is 3.76. The first-order valence-electron chi connectivity index (χ1n) is 4.96.